The lowest BCUT2D eigenvalue weighted by molar-refractivity contribution is 0.660. The average Bonchev–Trinajstić information content (AvgIpc) is 3.90. The van der Waals surface area contributed by atoms with Gasteiger partial charge in [0.2, 0.25) is 0 Å². The molecule has 12 aromatic rings. The van der Waals surface area contributed by atoms with E-state index in [2.05, 4.69) is 261 Å². The molecule has 0 bridgehead atoms. The molecule has 0 amide bonds. The van der Waals surface area contributed by atoms with Crippen molar-refractivity contribution in [3.05, 3.63) is 254 Å². The van der Waals surface area contributed by atoms with E-state index in [0.717, 1.165) is 39.2 Å². The average molecular weight is 867 g/mol. The van der Waals surface area contributed by atoms with Crippen molar-refractivity contribution < 1.29 is 0 Å². The van der Waals surface area contributed by atoms with Gasteiger partial charge in [-0.15, -0.1) is 0 Å². The van der Waals surface area contributed by atoms with Crippen LogP contribution in [0.1, 0.15) is 25.0 Å². The molecule has 1 aromatic heterocycles. The Morgan fingerprint density at radius 3 is 1.37 bits per heavy atom. The summed E-state index contributed by atoms with van der Waals surface area (Å²) in [6, 6.07) is 88.8. The minimum atomic E-state index is -0.0716. The van der Waals surface area contributed by atoms with E-state index in [4.69, 9.17) is 4.98 Å². The fourth-order valence-corrected chi connectivity index (χ4v) is 11.0. The van der Waals surface area contributed by atoms with E-state index in [9.17, 15) is 0 Å². The molecule has 11 aromatic carbocycles. The third-order valence-electron chi connectivity index (χ3n) is 14.4. The highest BCUT2D eigenvalue weighted by Crippen LogP contribution is 2.51. The lowest BCUT2D eigenvalue weighted by Gasteiger charge is -2.22. The first-order chi connectivity index (χ1) is 33.5. The fraction of sp³-hybridized carbons (Fsp3) is 0.0455. The first-order valence-electron chi connectivity index (χ1n) is 23.6. The topological polar surface area (TPSA) is 17.8 Å². The van der Waals surface area contributed by atoms with Crippen molar-refractivity contribution in [3.63, 3.8) is 0 Å². The van der Waals surface area contributed by atoms with Gasteiger partial charge in [0.15, 0.2) is 0 Å². The number of benzene rings is 11. The number of nitrogens with zero attached hydrogens (tertiary/aromatic N) is 2. The summed E-state index contributed by atoms with van der Waals surface area (Å²) in [4.78, 5) is 5.23. The number of fused-ring (bicyclic) bond motifs is 6. The number of hydrogen-bond acceptors (Lipinski definition) is 1. The highest BCUT2D eigenvalue weighted by molar-refractivity contribution is 6.22. The van der Waals surface area contributed by atoms with Crippen LogP contribution in [0.15, 0.2) is 243 Å². The van der Waals surface area contributed by atoms with Crippen LogP contribution in [0, 0.1) is 0 Å². The van der Waals surface area contributed by atoms with Crippen molar-refractivity contribution in [2.75, 3.05) is 0 Å². The van der Waals surface area contributed by atoms with Crippen molar-refractivity contribution >= 4 is 32.6 Å². The highest BCUT2D eigenvalue weighted by atomic mass is 15.1. The third-order valence-corrected chi connectivity index (χ3v) is 14.4. The lowest BCUT2D eigenvalue weighted by atomic mass is 9.81. The highest BCUT2D eigenvalue weighted by Gasteiger charge is 2.35. The SMILES string of the molecule is CC1(C)c2ccccc2-c2ccc(-c3ccc4c(-c5ccccc5)c5cc(-c6ccc(-c7ccc8c(c7)nc(-c7ccccc7)n8-c7ccccc7)cc6)ccc5c(-c5ccccc5)c4c3)cc21. The van der Waals surface area contributed by atoms with Gasteiger partial charge in [-0.3, -0.25) is 4.57 Å². The zero-order valence-electron chi connectivity index (χ0n) is 38.0. The van der Waals surface area contributed by atoms with Gasteiger partial charge in [0.05, 0.1) is 11.0 Å². The monoisotopic (exact) mass is 866 g/mol. The van der Waals surface area contributed by atoms with Crippen LogP contribution in [-0.4, -0.2) is 9.55 Å². The van der Waals surface area contributed by atoms with Crippen molar-refractivity contribution in [1.82, 2.24) is 9.55 Å². The van der Waals surface area contributed by atoms with Crippen molar-refractivity contribution in [2.24, 2.45) is 0 Å². The Morgan fingerprint density at radius 1 is 0.324 bits per heavy atom. The maximum atomic E-state index is 5.23. The predicted molar refractivity (Wildman–Crippen MR) is 286 cm³/mol. The molecule has 1 heterocycles. The molecule has 0 spiro atoms. The largest absolute Gasteiger partial charge is 0.292 e. The maximum Gasteiger partial charge on any atom is 0.145 e. The van der Waals surface area contributed by atoms with E-state index in [1.165, 1.54) is 88.3 Å². The van der Waals surface area contributed by atoms with E-state index in [0.29, 0.717) is 0 Å². The van der Waals surface area contributed by atoms with Crippen molar-refractivity contribution in [3.8, 4) is 83.8 Å². The second-order valence-corrected chi connectivity index (χ2v) is 18.7. The van der Waals surface area contributed by atoms with Crippen LogP contribution in [0.4, 0.5) is 0 Å². The van der Waals surface area contributed by atoms with E-state index >= 15 is 0 Å². The van der Waals surface area contributed by atoms with Gasteiger partial charge in [0.1, 0.15) is 5.82 Å². The molecule has 13 rings (SSSR count). The summed E-state index contributed by atoms with van der Waals surface area (Å²) in [5, 5.41) is 4.97. The van der Waals surface area contributed by atoms with Crippen molar-refractivity contribution in [2.45, 2.75) is 19.3 Å². The summed E-state index contributed by atoms with van der Waals surface area (Å²) in [7, 11) is 0. The summed E-state index contributed by atoms with van der Waals surface area (Å²) >= 11 is 0. The Bertz CT molecular complexity index is 3880. The van der Waals surface area contributed by atoms with E-state index in [1.54, 1.807) is 0 Å². The van der Waals surface area contributed by atoms with E-state index in [-0.39, 0.29) is 5.41 Å². The predicted octanol–water partition coefficient (Wildman–Crippen LogP) is 17.6. The molecule has 1 aliphatic carbocycles. The molecule has 0 saturated heterocycles. The van der Waals surface area contributed by atoms with Crippen LogP contribution < -0.4 is 0 Å². The zero-order chi connectivity index (χ0) is 45.3. The van der Waals surface area contributed by atoms with Gasteiger partial charge < -0.3 is 0 Å². The Kier molecular flexibility index (Phi) is 9.23. The molecule has 320 valence electrons. The number of aromatic nitrogens is 2. The quantitative estimate of drug-likeness (QED) is 0.146. The van der Waals surface area contributed by atoms with Crippen LogP contribution in [0.5, 0.6) is 0 Å². The van der Waals surface area contributed by atoms with Gasteiger partial charge in [-0.25, -0.2) is 4.98 Å². The summed E-state index contributed by atoms with van der Waals surface area (Å²) in [5.41, 5.74) is 21.7. The molecule has 0 radical (unpaired) electrons. The van der Waals surface area contributed by atoms with Gasteiger partial charge in [-0.2, -0.15) is 0 Å². The lowest BCUT2D eigenvalue weighted by Crippen LogP contribution is -2.14. The molecule has 68 heavy (non-hydrogen) atoms. The molecular weight excluding hydrogens is 821 g/mol. The number of imidazole rings is 1. The van der Waals surface area contributed by atoms with Gasteiger partial charge in [-0.1, -0.05) is 214 Å². The van der Waals surface area contributed by atoms with Crippen LogP contribution in [0.2, 0.25) is 0 Å². The summed E-state index contributed by atoms with van der Waals surface area (Å²) in [5.74, 6) is 0.934. The molecule has 0 aliphatic heterocycles. The minimum Gasteiger partial charge on any atom is -0.292 e. The fourth-order valence-electron chi connectivity index (χ4n) is 11.0. The van der Waals surface area contributed by atoms with E-state index in [1.807, 2.05) is 0 Å². The summed E-state index contributed by atoms with van der Waals surface area (Å²) in [6.45, 7) is 4.72. The van der Waals surface area contributed by atoms with E-state index < -0.39 is 0 Å². The van der Waals surface area contributed by atoms with Crippen molar-refractivity contribution in [1.29, 1.82) is 0 Å². The molecule has 2 nitrogen and oxygen atoms in total. The van der Waals surface area contributed by atoms with Gasteiger partial charge in [0, 0.05) is 16.7 Å². The molecular formula is C66H46N2. The maximum absolute atomic E-state index is 5.23. The summed E-state index contributed by atoms with van der Waals surface area (Å²) in [6.07, 6.45) is 0. The van der Waals surface area contributed by atoms with Crippen LogP contribution in [0.3, 0.4) is 0 Å². The summed E-state index contributed by atoms with van der Waals surface area (Å²) < 4.78 is 2.26. The van der Waals surface area contributed by atoms with Gasteiger partial charge >= 0.3 is 0 Å². The Balaban J connectivity index is 0.935. The van der Waals surface area contributed by atoms with Crippen LogP contribution in [-0.2, 0) is 5.41 Å². The number of para-hydroxylation sites is 1. The normalized spacial score (nSPS) is 12.7. The number of rotatable bonds is 7. The first-order valence-corrected chi connectivity index (χ1v) is 23.6. The molecule has 0 saturated carbocycles. The molecule has 0 atom stereocenters. The molecule has 0 unspecified atom stereocenters. The molecule has 1 aliphatic rings. The second kappa shape index (κ2) is 15.8. The Labute approximate surface area is 397 Å². The number of hydrogen-bond donors (Lipinski definition) is 0. The smallest absolute Gasteiger partial charge is 0.145 e. The minimum absolute atomic E-state index is 0.0716. The van der Waals surface area contributed by atoms with Gasteiger partial charge in [-0.05, 0) is 142 Å². The first kappa shape index (κ1) is 39.7. The third kappa shape index (κ3) is 6.44. The van der Waals surface area contributed by atoms with Crippen LogP contribution in [0.25, 0.3) is 116 Å². The molecule has 0 fully saturated rings. The second-order valence-electron chi connectivity index (χ2n) is 18.7. The van der Waals surface area contributed by atoms with Gasteiger partial charge in [0.25, 0.3) is 0 Å². The Hall–Kier alpha value is -8.59. The Morgan fingerprint density at radius 2 is 0.765 bits per heavy atom. The standard InChI is InChI=1S/C66H46N2/c1-66(2)59-26-16-15-25-53(59)54-35-31-50(41-60(54)66)49-33-37-56-58(40-49)64(46-19-9-4-10-20-46)55-36-32-48(39-57(55)63(56)45-17-7-3-8-18-45)43-27-29-44(30-28-43)51-34-38-62-61(42-51)67-65(47-21-11-5-12-22-47)68(62)52-23-13-6-14-24-52/h3-42H,1-2H3. The van der Waals surface area contributed by atoms with Crippen LogP contribution >= 0.6 is 0 Å². The zero-order valence-corrected chi connectivity index (χ0v) is 38.0. The molecule has 0 N–H and O–H groups in total. The molecule has 2 heteroatoms.